The molecular formula is C6F14Mg. The normalized spacial score (nSPS) is 14.6. The van der Waals surface area contributed by atoms with E-state index in [9.17, 15) is 57.1 Å². The van der Waals surface area contributed by atoms with Gasteiger partial charge in [0.15, 0.2) is 0 Å². The molecule has 0 spiro atoms. The molecule has 0 amide bonds. The van der Waals surface area contributed by atoms with Crippen LogP contribution in [-0.4, -0.2) is 52.9 Å². The van der Waals surface area contributed by atoms with E-state index >= 15 is 0 Å². The van der Waals surface area contributed by atoms with Gasteiger partial charge in [0.1, 0.15) is 0 Å². The van der Waals surface area contributed by atoms with Crippen molar-refractivity contribution in [1.29, 1.82) is 0 Å². The van der Waals surface area contributed by atoms with Crippen LogP contribution in [0.4, 0.5) is 57.1 Å². The average Bonchev–Trinajstić information content (AvgIpc) is 2.14. The SMILES string of the molecule is F[C-](F)C(F)(F)C(F)(F)C(F)(F)C(F)(F)C(F)(F)F.[F-].[Mg+2]. The molecule has 0 bridgehead atoms. The molecule has 124 valence electrons. The Morgan fingerprint density at radius 2 is 0.810 bits per heavy atom. The van der Waals surface area contributed by atoms with Crippen LogP contribution in [0.3, 0.4) is 0 Å². The maximum Gasteiger partial charge on any atom is 2.00 e. The molecule has 0 heterocycles. The summed E-state index contributed by atoms with van der Waals surface area (Å²) in [6, 6.07) is 0. The number of rotatable bonds is 4. The van der Waals surface area contributed by atoms with E-state index in [1.165, 1.54) is 0 Å². The van der Waals surface area contributed by atoms with Crippen molar-refractivity contribution in [3.05, 3.63) is 6.43 Å². The maximum atomic E-state index is 12.3. The minimum Gasteiger partial charge on any atom is -1.00 e. The Balaban J connectivity index is -0.00000162. The van der Waals surface area contributed by atoms with Crippen LogP contribution < -0.4 is 4.70 Å². The Hall–Kier alpha value is -0.214. The minimum atomic E-state index is -7.80. The smallest absolute Gasteiger partial charge is 1.00 e. The topological polar surface area (TPSA) is 0 Å². The van der Waals surface area contributed by atoms with Gasteiger partial charge in [0.25, 0.3) is 5.92 Å². The fourth-order valence-corrected chi connectivity index (χ4v) is 0.691. The van der Waals surface area contributed by atoms with Crippen LogP contribution >= 0.6 is 0 Å². The third-order valence-electron chi connectivity index (χ3n) is 1.78. The van der Waals surface area contributed by atoms with Gasteiger partial charge in [-0.05, 0) is 0 Å². The maximum absolute atomic E-state index is 12.3. The summed E-state index contributed by atoms with van der Waals surface area (Å²) in [6.07, 6.45) is -12.1. The molecule has 0 fully saturated rings. The zero-order valence-electron chi connectivity index (χ0n) is 9.00. The Morgan fingerprint density at radius 3 is 1.00 bits per heavy atom. The van der Waals surface area contributed by atoms with Crippen molar-refractivity contribution in [2.24, 2.45) is 0 Å². The zero-order valence-corrected chi connectivity index (χ0v) is 10.4. The second-order valence-electron chi connectivity index (χ2n) is 3.06. The van der Waals surface area contributed by atoms with Gasteiger partial charge < -0.3 is 13.5 Å². The number of halogens is 14. The van der Waals surface area contributed by atoms with E-state index in [1.54, 1.807) is 0 Å². The Morgan fingerprint density at radius 1 is 0.524 bits per heavy atom. The second kappa shape index (κ2) is 6.50. The first-order chi connectivity index (χ1) is 7.94. The first kappa shape index (κ1) is 25.7. The number of hydrogen-bond donors (Lipinski definition) is 0. The van der Waals surface area contributed by atoms with Crippen LogP contribution in [0.15, 0.2) is 0 Å². The Kier molecular flexibility index (Phi) is 7.96. The summed E-state index contributed by atoms with van der Waals surface area (Å²) in [4.78, 5) is 0. The molecule has 0 aliphatic heterocycles. The first-order valence-electron chi connectivity index (χ1n) is 3.71. The molecule has 0 saturated carbocycles. The summed E-state index contributed by atoms with van der Waals surface area (Å²) in [5.74, 6) is -30.3. The van der Waals surface area contributed by atoms with Crippen molar-refractivity contribution in [2.45, 2.75) is 29.9 Å². The standard InChI is InChI=1S/C6F13.FH.Mg/c7-1(8)2(9,10)3(11,12)4(13,14)5(15,16)6(17,18)19;;/h;1H;/q-1;;+2/p-1. The molecule has 0 aliphatic carbocycles. The summed E-state index contributed by atoms with van der Waals surface area (Å²) in [7, 11) is 0. The van der Waals surface area contributed by atoms with Gasteiger partial charge in [-0.25, -0.2) is 8.78 Å². The van der Waals surface area contributed by atoms with Gasteiger partial charge in [0.05, 0.1) is 6.43 Å². The fourth-order valence-electron chi connectivity index (χ4n) is 0.691. The van der Waals surface area contributed by atoms with Gasteiger partial charge >= 0.3 is 47.0 Å². The third-order valence-corrected chi connectivity index (χ3v) is 1.78. The minimum absolute atomic E-state index is 0. The van der Waals surface area contributed by atoms with E-state index < -0.39 is 36.3 Å². The molecule has 0 aromatic heterocycles. The van der Waals surface area contributed by atoms with Gasteiger partial charge in [-0.15, -0.1) is 0 Å². The van der Waals surface area contributed by atoms with Crippen molar-refractivity contribution < 1.29 is 61.8 Å². The molecule has 0 radical (unpaired) electrons. The van der Waals surface area contributed by atoms with Crippen LogP contribution in [0.5, 0.6) is 0 Å². The van der Waals surface area contributed by atoms with Crippen molar-refractivity contribution in [3.63, 3.8) is 0 Å². The van der Waals surface area contributed by atoms with E-state index in [2.05, 4.69) is 0 Å². The van der Waals surface area contributed by atoms with Crippen LogP contribution in [0, 0.1) is 6.43 Å². The van der Waals surface area contributed by atoms with Crippen LogP contribution in [0.1, 0.15) is 0 Å². The van der Waals surface area contributed by atoms with E-state index in [0.717, 1.165) is 0 Å². The number of alkyl halides is 11. The molecule has 0 nitrogen and oxygen atoms in total. The quantitative estimate of drug-likeness (QED) is 0.400. The molecule has 0 aromatic carbocycles. The predicted octanol–water partition coefficient (Wildman–Crippen LogP) is 1.14. The van der Waals surface area contributed by atoms with E-state index in [-0.39, 0.29) is 27.8 Å². The molecule has 21 heavy (non-hydrogen) atoms. The van der Waals surface area contributed by atoms with E-state index in [1.807, 2.05) is 0 Å². The third kappa shape index (κ3) is 3.58. The fraction of sp³-hybridized carbons (Fsp3) is 0.833. The van der Waals surface area contributed by atoms with Crippen LogP contribution in [0.2, 0.25) is 0 Å². The van der Waals surface area contributed by atoms with Gasteiger partial charge in [-0.2, -0.15) is 39.5 Å². The molecular weight excluding hydrogens is 362 g/mol. The van der Waals surface area contributed by atoms with Crippen molar-refractivity contribution in [3.8, 4) is 0 Å². The van der Waals surface area contributed by atoms with E-state index in [4.69, 9.17) is 0 Å². The van der Waals surface area contributed by atoms with Gasteiger partial charge in [0.2, 0.25) is 0 Å². The van der Waals surface area contributed by atoms with E-state index in [0.29, 0.717) is 0 Å². The molecule has 0 unspecified atom stereocenters. The van der Waals surface area contributed by atoms with Crippen molar-refractivity contribution >= 4 is 23.1 Å². The van der Waals surface area contributed by atoms with Gasteiger partial charge in [-0.1, -0.05) is 0 Å². The zero-order chi connectivity index (χ0) is 16.1. The molecule has 0 aromatic rings. The summed E-state index contributed by atoms with van der Waals surface area (Å²) in [5, 5.41) is 0. The Bertz CT molecular complexity index is 329. The predicted molar refractivity (Wildman–Crippen MR) is 37.1 cm³/mol. The average molecular weight is 362 g/mol. The summed E-state index contributed by atoms with van der Waals surface area (Å²) in [5.41, 5.74) is 0. The van der Waals surface area contributed by atoms with Crippen molar-refractivity contribution in [2.75, 3.05) is 0 Å². The van der Waals surface area contributed by atoms with Gasteiger partial charge in [-0.3, -0.25) is 0 Å². The molecule has 0 saturated heterocycles. The first-order valence-corrected chi connectivity index (χ1v) is 3.71. The Labute approximate surface area is 122 Å². The van der Waals surface area contributed by atoms with Crippen LogP contribution in [0.25, 0.3) is 0 Å². The number of hydrogen-bond acceptors (Lipinski definition) is 0. The molecule has 0 N–H and O–H groups in total. The second-order valence-corrected chi connectivity index (χ2v) is 3.06. The largest absolute Gasteiger partial charge is 2.00 e. The summed E-state index contributed by atoms with van der Waals surface area (Å²) in [6.45, 7) is 0. The van der Waals surface area contributed by atoms with Gasteiger partial charge in [0, 0.05) is 0 Å². The van der Waals surface area contributed by atoms with Crippen LogP contribution in [-0.2, 0) is 0 Å². The van der Waals surface area contributed by atoms with Crippen molar-refractivity contribution in [1.82, 2.24) is 0 Å². The summed E-state index contributed by atoms with van der Waals surface area (Å²) < 4.78 is 154. The molecule has 0 rings (SSSR count). The summed E-state index contributed by atoms with van der Waals surface area (Å²) >= 11 is 0. The molecule has 15 heteroatoms. The molecule has 0 aliphatic rings. The molecule has 0 atom stereocenters. The monoisotopic (exact) mass is 362 g/mol.